The molecule has 0 radical (unpaired) electrons. The van der Waals surface area contributed by atoms with Crippen molar-refractivity contribution in [1.82, 2.24) is 35.4 Å². The van der Waals surface area contributed by atoms with E-state index in [1.165, 1.54) is 18.2 Å². The Balaban J connectivity index is 1.22. The molecule has 2 amide bonds. The van der Waals surface area contributed by atoms with Gasteiger partial charge in [-0.1, -0.05) is 35.0 Å². The fourth-order valence-corrected chi connectivity index (χ4v) is 4.93. The number of alkyl halides is 3. The summed E-state index contributed by atoms with van der Waals surface area (Å²) in [7, 11) is 0. The van der Waals surface area contributed by atoms with Gasteiger partial charge in [0, 0.05) is 18.2 Å². The summed E-state index contributed by atoms with van der Waals surface area (Å²) in [5, 5.41) is 12.6. The van der Waals surface area contributed by atoms with Crippen LogP contribution in [0.25, 0.3) is 17.0 Å². The van der Waals surface area contributed by atoms with Gasteiger partial charge in [0.2, 0.25) is 5.82 Å². The normalized spacial score (nSPS) is 14.6. The summed E-state index contributed by atoms with van der Waals surface area (Å²) in [6, 6.07) is 9.35. The van der Waals surface area contributed by atoms with Crippen LogP contribution in [0.4, 0.5) is 22.0 Å². The van der Waals surface area contributed by atoms with Crippen molar-refractivity contribution < 1.29 is 36.1 Å². The van der Waals surface area contributed by atoms with Crippen molar-refractivity contribution in [2.75, 3.05) is 0 Å². The molecule has 0 bridgehead atoms. The maximum atomic E-state index is 14.5. The number of aromatic nitrogens is 5. The lowest BCUT2D eigenvalue weighted by molar-refractivity contribution is -0.159. The van der Waals surface area contributed by atoms with Gasteiger partial charge >= 0.3 is 12.1 Å². The van der Waals surface area contributed by atoms with Gasteiger partial charge in [0.05, 0.1) is 17.3 Å². The highest BCUT2D eigenvalue weighted by molar-refractivity contribution is 6.30. The second kappa shape index (κ2) is 10.7. The number of carbonyl (C=O) groups is 2. The molecule has 3 aromatic heterocycles. The van der Waals surface area contributed by atoms with Crippen molar-refractivity contribution in [3.63, 3.8) is 0 Å². The molecule has 2 aromatic carbocycles. The Labute approximate surface area is 242 Å². The Morgan fingerprint density at radius 3 is 2.60 bits per heavy atom. The first-order chi connectivity index (χ1) is 20.5. The molecule has 0 saturated carbocycles. The third-order valence-electron chi connectivity index (χ3n) is 6.78. The second-order valence-electron chi connectivity index (χ2n) is 9.58. The number of hydrogen-bond donors (Lipinski definition) is 2. The van der Waals surface area contributed by atoms with Gasteiger partial charge < -0.3 is 15.2 Å². The van der Waals surface area contributed by atoms with Gasteiger partial charge in [-0.15, -0.1) is 0 Å². The molecular formula is C27H17ClF5N7O3. The number of halogens is 6. The smallest absolute Gasteiger partial charge is 0.347 e. The van der Waals surface area contributed by atoms with Gasteiger partial charge in [-0.05, 0) is 47.7 Å². The topological polar surface area (TPSA) is 127 Å². The Morgan fingerprint density at radius 2 is 1.86 bits per heavy atom. The van der Waals surface area contributed by atoms with Crippen molar-refractivity contribution in [3.05, 3.63) is 99.3 Å². The molecule has 1 aliphatic rings. The lowest BCUT2D eigenvalue weighted by Gasteiger charge is -2.15. The molecule has 6 rings (SSSR count). The molecule has 0 spiro atoms. The van der Waals surface area contributed by atoms with Crippen molar-refractivity contribution in [1.29, 1.82) is 0 Å². The summed E-state index contributed by atoms with van der Waals surface area (Å²) < 4.78 is 71.7. The summed E-state index contributed by atoms with van der Waals surface area (Å²) in [5.74, 6) is -4.57. The molecule has 3 heterocycles. The van der Waals surface area contributed by atoms with E-state index in [4.69, 9.17) is 11.6 Å². The van der Waals surface area contributed by atoms with Crippen LogP contribution in [0.3, 0.4) is 0 Å². The molecule has 1 aliphatic carbocycles. The monoisotopic (exact) mass is 617 g/mol. The standard InChI is InChI=1S/C27H17ClF5N7O3/c28-16-7-12(1-5-17(16)29)10-34-24(41)20-9-21(40-23(36-20)18(30)11-35-40)25(42)37-19-6-3-13-8-14(2-4-15(13)19)22-38-26(43-39-22)27(31,32)33/h1-2,4-5,7-9,11,19H,3,6,10H2,(H,34,41)(H,37,42). The van der Waals surface area contributed by atoms with Crippen molar-refractivity contribution in [3.8, 4) is 11.4 Å². The first kappa shape index (κ1) is 28.2. The number of fused-ring (bicyclic) bond motifs is 2. The van der Waals surface area contributed by atoms with Crippen LogP contribution in [-0.2, 0) is 19.1 Å². The van der Waals surface area contributed by atoms with Crippen LogP contribution in [0, 0.1) is 11.6 Å². The molecule has 16 heteroatoms. The van der Waals surface area contributed by atoms with Gasteiger partial charge in [0.25, 0.3) is 11.8 Å². The molecule has 0 saturated heterocycles. The van der Waals surface area contributed by atoms with Crippen LogP contribution in [0.1, 0.15) is 56.0 Å². The van der Waals surface area contributed by atoms with E-state index in [1.54, 1.807) is 12.1 Å². The second-order valence-corrected chi connectivity index (χ2v) is 9.99. The number of rotatable bonds is 6. The summed E-state index contributed by atoms with van der Waals surface area (Å²) in [4.78, 5) is 33.7. The maximum Gasteiger partial charge on any atom is 0.471 e. The Morgan fingerprint density at radius 1 is 1.05 bits per heavy atom. The minimum absolute atomic E-state index is 0.0445. The lowest BCUT2D eigenvalue weighted by Crippen LogP contribution is -2.30. The van der Waals surface area contributed by atoms with Crippen LogP contribution in [-0.4, -0.2) is 36.6 Å². The Kier molecular flexibility index (Phi) is 7.04. The van der Waals surface area contributed by atoms with E-state index in [0.29, 0.717) is 29.5 Å². The maximum absolute atomic E-state index is 14.5. The molecule has 0 aliphatic heterocycles. The minimum atomic E-state index is -4.77. The number of benzene rings is 2. The number of nitrogens with zero attached hydrogens (tertiary/aromatic N) is 5. The van der Waals surface area contributed by atoms with E-state index in [0.717, 1.165) is 28.4 Å². The van der Waals surface area contributed by atoms with Gasteiger partial charge in [0.1, 0.15) is 17.2 Å². The van der Waals surface area contributed by atoms with Gasteiger partial charge in [-0.25, -0.2) is 18.3 Å². The van der Waals surface area contributed by atoms with Crippen molar-refractivity contribution >= 4 is 29.1 Å². The predicted molar refractivity (Wildman–Crippen MR) is 139 cm³/mol. The molecule has 1 unspecified atom stereocenters. The van der Waals surface area contributed by atoms with Crippen LogP contribution < -0.4 is 10.6 Å². The van der Waals surface area contributed by atoms with E-state index in [2.05, 4.69) is 35.4 Å². The predicted octanol–water partition coefficient (Wildman–Crippen LogP) is 5.08. The van der Waals surface area contributed by atoms with Gasteiger partial charge in [-0.2, -0.15) is 23.3 Å². The number of carbonyl (C=O) groups excluding carboxylic acids is 2. The minimum Gasteiger partial charge on any atom is -0.347 e. The zero-order valence-corrected chi connectivity index (χ0v) is 22.3. The highest BCUT2D eigenvalue weighted by Gasteiger charge is 2.38. The number of nitrogens with one attached hydrogen (secondary N) is 2. The largest absolute Gasteiger partial charge is 0.471 e. The Hall–Kier alpha value is -4.92. The van der Waals surface area contributed by atoms with Crippen molar-refractivity contribution in [2.24, 2.45) is 0 Å². The van der Waals surface area contributed by atoms with Crippen LogP contribution in [0.15, 0.2) is 53.2 Å². The molecule has 10 nitrogen and oxygen atoms in total. The quantitative estimate of drug-likeness (QED) is 0.255. The fourth-order valence-electron chi connectivity index (χ4n) is 4.73. The molecule has 5 aromatic rings. The third kappa shape index (κ3) is 5.50. The summed E-state index contributed by atoms with van der Waals surface area (Å²) in [6.45, 7) is -0.0445. The van der Waals surface area contributed by atoms with Crippen LogP contribution in [0.2, 0.25) is 5.02 Å². The van der Waals surface area contributed by atoms with Crippen LogP contribution >= 0.6 is 11.6 Å². The average Bonchev–Trinajstić information content (AvgIpc) is 3.72. The average molecular weight is 618 g/mol. The van der Waals surface area contributed by atoms with Gasteiger partial charge in [-0.3, -0.25) is 9.59 Å². The van der Waals surface area contributed by atoms with E-state index < -0.39 is 41.6 Å². The van der Waals surface area contributed by atoms with E-state index in [1.807, 2.05) is 0 Å². The number of aryl methyl sites for hydroxylation is 1. The lowest BCUT2D eigenvalue weighted by atomic mass is 10.0. The number of hydrogen-bond acceptors (Lipinski definition) is 7. The number of amides is 2. The summed E-state index contributed by atoms with van der Waals surface area (Å²) in [6.07, 6.45) is -2.97. The van der Waals surface area contributed by atoms with Gasteiger partial charge in [0.15, 0.2) is 11.5 Å². The van der Waals surface area contributed by atoms with E-state index >= 15 is 0 Å². The molecule has 43 heavy (non-hydrogen) atoms. The van der Waals surface area contributed by atoms with Crippen LogP contribution in [0.5, 0.6) is 0 Å². The highest BCUT2D eigenvalue weighted by atomic mass is 35.5. The SMILES string of the molecule is O=C(NCc1ccc(F)c(Cl)c1)c1cc(C(=O)NC2CCc3cc(-c4noc(C(F)(F)F)n4)ccc32)n2ncc(F)c2n1. The molecule has 0 fully saturated rings. The Bertz CT molecular complexity index is 1910. The summed E-state index contributed by atoms with van der Waals surface area (Å²) >= 11 is 5.78. The first-order valence-corrected chi connectivity index (χ1v) is 13.0. The van der Waals surface area contributed by atoms with E-state index in [-0.39, 0.29) is 34.4 Å². The highest BCUT2D eigenvalue weighted by Crippen LogP contribution is 2.35. The summed E-state index contributed by atoms with van der Waals surface area (Å²) in [5.41, 5.74) is 1.50. The zero-order chi connectivity index (χ0) is 30.5. The first-order valence-electron chi connectivity index (χ1n) is 12.6. The third-order valence-corrected chi connectivity index (χ3v) is 7.07. The molecular weight excluding hydrogens is 601 g/mol. The van der Waals surface area contributed by atoms with Crippen molar-refractivity contribution in [2.45, 2.75) is 31.6 Å². The van der Waals surface area contributed by atoms with E-state index in [9.17, 15) is 31.5 Å². The zero-order valence-electron chi connectivity index (χ0n) is 21.5. The molecule has 220 valence electrons. The fraction of sp³-hybridized carbons (Fsp3) is 0.185. The molecule has 2 N–H and O–H groups in total. The molecule has 1 atom stereocenters.